The van der Waals surface area contributed by atoms with E-state index >= 15 is 0 Å². The predicted octanol–water partition coefficient (Wildman–Crippen LogP) is 4.71. The largest absolute Gasteiger partial charge is 0.453 e. The zero-order valence-corrected chi connectivity index (χ0v) is 19.6. The van der Waals surface area contributed by atoms with Crippen LogP contribution in [0.15, 0.2) is 42.6 Å². The Labute approximate surface area is 196 Å². The smallest absolute Gasteiger partial charge is 0.410 e. The summed E-state index contributed by atoms with van der Waals surface area (Å²) in [6, 6.07) is 12.9. The highest BCUT2D eigenvalue weighted by Crippen LogP contribution is 2.37. The van der Waals surface area contributed by atoms with Crippen LogP contribution in [0.3, 0.4) is 0 Å². The average molecular weight is 472 g/mol. The van der Waals surface area contributed by atoms with Crippen molar-refractivity contribution in [3.05, 3.63) is 48.2 Å². The van der Waals surface area contributed by atoms with Gasteiger partial charge in [-0.05, 0) is 55.1 Å². The van der Waals surface area contributed by atoms with Gasteiger partial charge >= 0.3 is 6.09 Å². The lowest BCUT2D eigenvalue weighted by atomic mass is 9.84. The van der Waals surface area contributed by atoms with Crippen molar-refractivity contribution in [2.24, 2.45) is 5.92 Å². The molecule has 2 bridgehead atoms. The third kappa shape index (κ3) is 4.27. The van der Waals surface area contributed by atoms with Gasteiger partial charge in [0.1, 0.15) is 5.69 Å². The molecular weight excluding hydrogens is 446 g/mol. The monoisotopic (exact) mass is 471 g/mol. The van der Waals surface area contributed by atoms with E-state index in [2.05, 4.69) is 50.4 Å². The van der Waals surface area contributed by atoms with Crippen molar-refractivity contribution in [2.45, 2.75) is 25.4 Å². The first kappa shape index (κ1) is 21.4. The van der Waals surface area contributed by atoms with Crippen LogP contribution in [-0.2, 0) is 11.3 Å². The summed E-state index contributed by atoms with van der Waals surface area (Å²) in [4.78, 5) is 18.0. The minimum atomic E-state index is -0.432. The number of benzene rings is 1. The summed E-state index contributed by atoms with van der Waals surface area (Å²) in [5.41, 5.74) is 3.06. The second kappa shape index (κ2) is 9.21. The molecule has 7 nitrogen and oxygen atoms in total. The third-order valence-corrected chi connectivity index (χ3v) is 7.96. The number of methoxy groups -OCH3 is 1. The van der Waals surface area contributed by atoms with E-state index in [0.29, 0.717) is 12.6 Å². The Morgan fingerprint density at radius 2 is 1.94 bits per heavy atom. The molecule has 9 heteroatoms. The van der Waals surface area contributed by atoms with E-state index in [-0.39, 0.29) is 6.00 Å². The highest BCUT2D eigenvalue weighted by atomic mass is 35.5. The number of fused-ring (bicyclic) bond motifs is 3. The Hall–Kier alpha value is -2.42. The first-order chi connectivity index (χ1) is 15.6. The molecule has 0 unspecified atom stereocenters. The number of thiophene rings is 1. The Bertz CT molecular complexity index is 1070. The molecule has 168 valence electrons. The van der Waals surface area contributed by atoms with E-state index in [1.54, 1.807) is 11.3 Å². The molecule has 3 aromatic rings. The van der Waals surface area contributed by atoms with Gasteiger partial charge < -0.3 is 9.64 Å². The molecular formula is C23H26ClN5O2S. The summed E-state index contributed by atoms with van der Waals surface area (Å²) in [5.74, 6) is 0.723. The molecule has 0 aliphatic carbocycles. The van der Waals surface area contributed by atoms with Gasteiger partial charge in [-0.2, -0.15) is 0 Å². The van der Waals surface area contributed by atoms with Crippen molar-refractivity contribution in [3.8, 4) is 21.0 Å². The number of carbonyl (C=O) groups excluding carboxylic acids is 1. The van der Waals surface area contributed by atoms with Crippen LogP contribution < -0.4 is 0 Å². The molecule has 3 aliphatic rings. The second-order valence-corrected chi connectivity index (χ2v) is 9.76. The lowest BCUT2D eigenvalue weighted by molar-refractivity contribution is 0.0504. The first-order valence-electron chi connectivity index (χ1n) is 10.9. The Balaban J connectivity index is 1.28. The van der Waals surface area contributed by atoms with Crippen molar-refractivity contribution in [3.63, 3.8) is 0 Å². The number of halogens is 1. The lowest BCUT2D eigenvalue weighted by Crippen LogP contribution is -2.48. The Kier molecular flexibility index (Phi) is 6.17. The lowest BCUT2D eigenvalue weighted by Gasteiger charge is -2.44. The quantitative estimate of drug-likeness (QED) is 0.385. The summed E-state index contributed by atoms with van der Waals surface area (Å²) in [7, 11) is 1.36. The molecule has 1 aromatic carbocycles. The first-order valence-corrected chi connectivity index (χ1v) is 12.2. The number of piperidine rings is 3. The summed E-state index contributed by atoms with van der Waals surface area (Å²) in [6.07, 6.45) is 4.21. The maximum absolute atomic E-state index is 11.7. The number of hydrogen-bond donors (Lipinski definition) is 0. The standard InChI is InChI=1S/C23H26ClN5O2S/c1-31-23(30)28(15-24)12-16-2-4-18(5-3-16)21-6-7-22(32-21)19-13-29(26-25-19)20-14-27-10-8-17(20)9-11-27/h2-7,13,17,20H,8-12,14-15H2,1H3/t20-/m0/s1. The highest BCUT2D eigenvalue weighted by molar-refractivity contribution is 7.18. The van der Waals surface area contributed by atoms with E-state index in [1.165, 1.54) is 42.8 Å². The number of carbonyl (C=O) groups is 1. The van der Waals surface area contributed by atoms with Crippen LogP contribution in [0, 0.1) is 5.92 Å². The zero-order valence-electron chi connectivity index (χ0n) is 18.0. The number of amides is 1. The molecule has 1 amide bonds. The van der Waals surface area contributed by atoms with Gasteiger partial charge in [0.25, 0.3) is 0 Å². The van der Waals surface area contributed by atoms with Crippen molar-refractivity contribution in [1.82, 2.24) is 24.8 Å². The number of alkyl halides is 1. The molecule has 32 heavy (non-hydrogen) atoms. The molecule has 1 atom stereocenters. The van der Waals surface area contributed by atoms with Crippen molar-refractivity contribution in [1.29, 1.82) is 0 Å². The molecule has 3 fully saturated rings. The van der Waals surface area contributed by atoms with Crippen LogP contribution in [0.1, 0.15) is 24.4 Å². The number of rotatable bonds is 6. The summed E-state index contributed by atoms with van der Waals surface area (Å²) in [6.45, 7) is 3.95. The van der Waals surface area contributed by atoms with Gasteiger partial charge in [-0.25, -0.2) is 9.48 Å². The number of nitrogens with zero attached hydrogens (tertiary/aromatic N) is 5. The Morgan fingerprint density at radius 3 is 2.59 bits per heavy atom. The molecule has 2 aromatic heterocycles. The summed E-state index contributed by atoms with van der Waals surface area (Å²) in [5, 5.41) is 8.95. The minimum Gasteiger partial charge on any atom is -0.453 e. The van der Waals surface area contributed by atoms with Gasteiger partial charge in [-0.3, -0.25) is 4.90 Å². The molecule has 0 spiro atoms. The number of aromatic nitrogens is 3. The fourth-order valence-electron chi connectivity index (χ4n) is 4.70. The SMILES string of the molecule is COC(=O)N(CCl)Cc1ccc(-c2ccc(-c3cn([C@H]4CN5CCC4CC5)nn3)s2)cc1. The van der Waals surface area contributed by atoms with Gasteiger partial charge in [-0.15, -0.1) is 28.0 Å². The van der Waals surface area contributed by atoms with Crippen LogP contribution >= 0.6 is 22.9 Å². The molecule has 0 radical (unpaired) electrons. The molecule has 0 saturated carbocycles. The topological polar surface area (TPSA) is 63.5 Å². The molecule has 5 heterocycles. The van der Waals surface area contributed by atoms with Crippen LogP contribution in [0.2, 0.25) is 0 Å². The highest BCUT2D eigenvalue weighted by Gasteiger charge is 2.35. The fraction of sp³-hybridized carbons (Fsp3) is 0.435. The number of hydrogen-bond acceptors (Lipinski definition) is 6. The average Bonchev–Trinajstić information content (AvgIpc) is 3.53. The number of ether oxygens (including phenoxy) is 1. The molecule has 3 saturated heterocycles. The Morgan fingerprint density at radius 1 is 1.19 bits per heavy atom. The maximum Gasteiger partial charge on any atom is 0.410 e. The normalized spacial score (nSPS) is 22.1. The van der Waals surface area contributed by atoms with E-state index in [1.807, 2.05) is 12.1 Å². The van der Waals surface area contributed by atoms with Gasteiger partial charge in [0.2, 0.25) is 0 Å². The van der Waals surface area contributed by atoms with Gasteiger partial charge in [0.05, 0.1) is 36.8 Å². The summed E-state index contributed by atoms with van der Waals surface area (Å²) < 4.78 is 6.84. The fourth-order valence-corrected chi connectivity index (χ4v) is 5.84. The van der Waals surface area contributed by atoms with E-state index < -0.39 is 6.09 Å². The maximum atomic E-state index is 11.7. The predicted molar refractivity (Wildman–Crippen MR) is 126 cm³/mol. The van der Waals surface area contributed by atoms with Gasteiger partial charge in [0, 0.05) is 11.4 Å². The van der Waals surface area contributed by atoms with Gasteiger partial charge in [0.15, 0.2) is 0 Å². The van der Waals surface area contributed by atoms with Crippen molar-refractivity contribution < 1.29 is 9.53 Å². The van der Waals surface area contributed by atoms with Crippen LogP contribution in [-0.4, -0.2) is 63.6 Å². The zero-order chi connectivity index (χ0) is 22.1. The van der Waals surface area contributed by atoms with Crippen LogP contribution in [0.4, 0.5) is 4.79 Å². The van der Waals surface area contributed by atoms with Gasteiger partial charge in [-0.1, -0.05) is 29.5 Å². The van der Waals surface area contributed by atoms with E-state index in [0.717, 1.165) is 34.2 Å². The summed E-state index contributed by atoms with van der Waals surface area (Å²) >= 11 is 7.58. The van der Waals surface area contributed by atoms with Crippen LogP contribution in [0.5, 0.6) is 0 Å². The van der Waals surface area contributed by atoms with Crippen LogP contribution in [0.25, 0.3) is 21.0 Å². The second-order valence-electron chi connectivity index (χ2n) is 8.44. The minimum absolute atomic E-state index is 0.0863. The van der Waals surface area contributed by atoms with Crippen molar-refractivity contribution >= 4 is 29.0 Å². The van der Waals surface area contributed by atoms with E-state index in [4.69, 9.17) is 16.3 Å². The van der Waals surface area contributed by atoms with E-state index in [9.17, 15) is 4.79 Å². The van der Waals surface area contributed by atoms with Crippen molar-refractivity contribution in [2.75, 3.05) is 32.7 Å². The third-order valence-electron chi connectivity index (χ3n) is 6.52. The molecule has 6 rings (SSSR count). The molecule has 0 N–H and O–H groups in total. The molecule has 3 aliphatic heterocycles.